The lowest BCUT2D eigenvalue weighted by Gasteiger charge is -2.09. The zero-order chi connectivity index (χ0) is 9.84. The van der Waals surface area contributed by atoms with Crippen LogP contribution >= 0.6 is 0 Å². The highest BCUT2D eigenvalue weighted by Gasteiger charge is 2.27. The number of ether oxygens (including phenoxy) is 2. The molecule has 13 heavy (non-hydrogen) atoms. The molecule has 0 atom stereocenters. The zero-order valence-electron chi connectivity index (χ0n) is 7.41. The minimum atomic E-state index is -0.543. The molecule has 1 aliphatic heterocycles. The van der Waals surface area contributed by atoms with Crippen LogP contribution in [0.5, 0.6) is 0 Å². The van der Waals surface area contributed by atoms with Gasteiger partial charge >= 0.3 is 12.1 Å². The van der Waals surface area contributed by atoms with Crippen LogP contribution in [0.2, 0.25) is 0 Å². The van der Waals surface area contributed by atoms with Crippen LogP contribution in [0.25, 0.3) is 0 Å². The van der Waals surface area contributed by atoms with E-state index in [2.05, 4.69) is 16.1 Å². The van der Waals surface area contributed by atoms with Crippen molar-refractivity contribution in [2.24, 2.45) is 0 Å². The van der Waals surface area contributed by atoms with Gasteiger partial charge in [-0.15, -0.1) is 0 Å². The summed E-state index contributed by atoms with van der Waals surface area (Å²) in [5, 5.41) is 0. The molecule has 1 fully saturated rings. The van der Waals surface area contributed by atoms with Crippen molar-refractivity contribution in [1.29, 1.82) is 0 Å². The average Bonchev–Trinajstić information content (AvgIpc) is 2.30. The highest BCUT2D eigenvalue weighted by molar-refractivity contribution is 5.80. The molecule has 0 aromatic rings. The first-order chi connectivity index (χ1) is 6.13. The van der Waals surface area contributed by atoms with Gasteiger partial charge in [-0.1, -0.05) is 6.58 Å². The van der Waals surface area contributed by atoms with Crippen molar-refractivity contribution >= 4 is 12.1 Å². The Kier molecular flexibility index (Phi) is 2.89. The van der Waals surface area contributed by atoms with Crippen LogP contribution in [0, 0.1) is 0 Å². The number of amides is 1. The molecule has 1 rings (SSSR count). The van der Waals surface area contributed by atoms with Crippen molar-refractivity contribution in [3.8, 4) is 0 Å². The topological polar surface area (TPSA) is 55.8 Å². The Bertz CT molecular complexity index is 249. The Morgan fingerprint density at radius 3 is 2.92 bits per heavy atom. The van der Waals surface area contributed by atoms with Gasteiger partial charge in [0.1, 0.15) is 12.3 Å². The lowest BCUT2D eigenvalue weighted by atomic mass is 10.5. The van der Waals surface area contributed by atoms with Crippen molar-refractivity contribution in [2.45, 2.75) is 6.92 Å². The number of rotatable bonds is 3. The van der Waals surface area contributed by atoms with Crippen molar-refractivity contribution in [2.75, 3.05) is 19.7 Å². The maximum atomic E-state index is 11.0. The molecule has 1 aliphatic rings. The fourth-order valence-corrected chi connectivity index (χ4v) is 0.981. The Hall–Kier alpha value is -1.52. The SMILES string of the molecule is C=C1CN(CC(=O)OCC)C(=O)O1. The zero-order valence-corrected chi connectivity index (χ0v) is 7.41. The highest BCUT2D eigenvalue weighted by Crippen LogP contribution is 2.11. The van der Waals surface area contributed by atoms with Crippen LogP contribution in [-0.4, -0.2) is 36.7 Å². The normalized spacial score (nSPS) is 15.9. The molecule has 0 N–H and O–H groups in total. The van der Waals surface area contributed by atoms with Crippen LogP contribution in [0.15, 0.2) is 12.3 Å². The summed E-state index contributed by atoms with van der Waals surface area (Å²) in [5.74, 6) is -0.0801. The summed E-state index contributed by atoms with van der Waals surface area (Å²) < 4.78 is 9.31. The van der Waals surface area contributed by atoms with Crippen molar-refractivity contribution in [1.82, 2.24) is 4.90 Å². The summed E-state index contributed by atoms with van der Waals surface area (Å²) in [7, 11) is 0. The second-order valence-electron chi connectivity index (χ2n) is 2.57. The third-order valence-electron chi connectivity index (χ3n) is 1.48. The summed E-state index contributed by atoms with van der Waals surface area (Å²) in [5.41, 5.74) is 0. The minimum absolute atomic E-state index is 0.0777. The van der Waals surface area contributed by atoms with E-state index >= 15 is 0 Å². The Morgan fingerprint density at radius 2 is 2.46 bits per heavy atom. The van der Waals surface area contributed by atoms with Gasteiger partial charge in [-0.25, -0.2) is 4.79 Å². The van der Waals surface area contributed by atoms with Crippen LogP contribution in [0.1, 0.15) is 6.92 Å². The summed E-state index contributed by atoms with van der Waals surface area (Å²) >= 11 is 0. The molecule has 0 aromatic heterocycles. The number of esters is 1. The van der Waals surface area contributed by atoms with Gasteiger partial charge in [0.05, 0.1) is 13.2 Å². The summed E-state index contributed by atoms with van der Waals surface area (Å²) in [6.07, 6.45) is -0.543. The van der Waals surface area contributed by atoms with Crippen molar-refractivity contribution < 1.29 is 19.1 Å². The van der Waals surface area contributed by atoms with E-state index in [-0.39, 0.29) is 13.1 Å². The monoisotopic (exact) mass is 185 g/mol. The lowest BCUT2D eigenvalue weighted by Crippen LogP contribution is -2.31. The molecule has 1 heterocycles. The maximum Gasteiger partial charge on any atom is 0.415 e. The quantitative estimate of drug-likeness (QED) is 0.601. The molecule has 0 aromatic carbocycles. The van der Waals surface area contributed by atoms with Gasteiger partial charge in [-0.2, -0.15) is 0 Å². The predicted octanol–water partition coefficient (Wildman–Crippen LogP) is 0.515. The van der Waals surface area contributed by atoms with Crippen LogP contribution in [0.3, 0.4) is 0 Å². The molecule has 72 valence electrons. The summed E-state index contributed by atoms with van der Waals surface area (Å²) in [4.78, 5) is 23.1. The Labute approximate surface area is 75.9 Å². The van der Waals surface area contributed by atoms with Crippen molar-refractivity contribution in [3.05, 3.63) is 12.3 Å². The van der Waals surface area contributed by atoms with Gasteiger partial charge in [0.2, 0.25) is 0 Å². The molecule has 0 spiro atoms. The van der Waals surface area contributed by atoms with E-state index in [0.717, 1.165) is 0 Å². The number of carbonyl (C=O) groups is 2. The second kappa shape index (κ2) is 3.93. The first-order valence-electron chi connectivity index (χ1n) is 3.93. The molecule has 0 unspecified atom stereocenters. The third-order valence-corrected chi connectivity index (χ3v) is 1.48. The minimum Gasteiger partial charge on any atom is -0.465 e. The average molecular weight is 185 g/mol. The number of cyclic esters (lactones) is 1. The first-order valence-corrected chi connectivity index (χ1v) is 3.93. The molecule has 0 saturated carbocycles. The van der Waals surface area contributed by atoms with Crippen LogP contribution in [-0.2, 0) is 14.3 Å². The van der Waals surface area contributed by atoms with E-state index in [1.165, 1.54) is 4.90 Å². The number of nitrogens with zero attached hydrogens (tertiary/aromatic N) is 1. The van der Waals surface area contributed by atoms with E-state index in [4.69, 9.17) is 0 Å². The van der Waals surface area contributed by atoms with Gasteiger partial charge in [0, 0.05) is 0 Å². The fraction of sp³-hybridized carbons (Fsp3) is 0.500. The standard InChI is InChI=1S/C8H11NO4/c1-3-12-7(10)5-9-4-6(2)13-8(9)11/h2-5H2,1H3. The maximum absolute atomic E-state index is 11.0. The Morgan fingerprint density at radius 1 is 1.77 bits per heavy atom. The highest BCUT2D eigenvalue weighted by atomic mass is 16.6. The van der Waals surface area contributed by atoms with Gasteiger partial charge in [-0.3, -0.25) is 9.69 Å². The van der Waals surface area contributed by atoms with Gasteiger partial charge in [-0.05, 0) is 6.92 Å². The molecule has 1 amide bonds. The van der Waals surface area contributed by atoms with E-state index < -0.39 is 12.1 Å². The molecule has 0 aliphatic carbocycles. The van der Waals surface area contributed by atoms with Crippen LogP contribution in [0.4, 0.5) is 4.79 Å². The van der Waals surface area contributed by atoms with E-state index in [1.54, 1.807) is 6.92 Å². The Balaban J connectivity index is 2.41. The van der Waals surface area contributed by atoms with E-state index in [0.29, 0.717) is 12.4 Å². The van der Waals surface area contributed by atoms with Gasteiger partial charge < -0.3 is 9.47 Å². The number of hydrogen-bond acceptors (Lipinski definition) is 4. The molecule has 1 saturated heterocycles. The van der Waals surface area contributed by atoms with Crippen LogP contribution < -0.4 is 0 Å². The molecule has 0 bridgehead atoms. The lowest BCUT2D eigenvalue weighted by molar-refractivity contribution is -0.143. The third kappa shape index (κ3) is 2.47. The van der Waals surface area contributed by atoms with E-state index in [9.17, 15) is 9.59 Å². The second-order valence-corrected chi connectivity index (χ2v) is 2.57. The fourth-order valence-electron chi connectivity index (χ4n) is 0.981. The molecular formula is C8H11NO4. The molecule has 0 radical (unpaired) electrons. The largest absolute Gasteiger partial charge is 0.465 e. The molecule has 5 heteroatoms. The van der Waals surface area contributed by atoms with E-state index in [1.807, 2.05) is 0 Å². The molecule has 5 nitrogen and oxygen atoms in total. The summed E-state index contributed by atoms with van der Waals surface area (Å²) in [6.45, 7) is 5.67. The first kappa shape index (κ1) is 9.57. The van der Waals surface area contributed by atoms with Crippen molar-refractivity contribution in [3.63, 3.8) is 0 Å². The van der Waals surface area contributed by atoms with Gasteiger partial charge in [0.25, 0.3) is 0 Å². The number of hydrogen-bond donors (Lipinski definition) is 0. The number of carbonyl (C=O) groups excluding carboxylic acids is 2. The molecular weight excluding hydrogens is 174 g/mol. The predicted molar refractivity (Wildman–Crippen MR) is 43.8 cm³/mol. The van der Waals surface area contributed by atoms with Gasteiger partial charge in [0.15, 0.2) is 0 Å². The smallest absolute Gasteiger partial charge is 0.415 e. The summed E-state index contributed by atoms with van der Waals surface area (Å²) in [6, 6.07) is 0.